The third-order valence-corrected chi connectivity index (χ3v) is 4.05. The molecule has 2 aromatic rings. The van der Waals surface area contributed by atoms with Gasteiger partial charge in [-0.2, -0.15) is 5.10 Å². The minimum absolute atomic E-state index is 0.112. The summed E-state index contributed by atoms with van der Waals surface area (Å²) in [4.78, 5) is 13.4. The fourth-order valence-corrected chi connectivity index (χ4v) is 2.73. The number of aliphatic hydroxyl groups is 1. The Morgan fingerprint density at radius 3 is 2.67 bits per heavy atom. The number of aromatic amines is 1. The molecule has 1 saturated heterocycles. The second-order valence-corrected chi connectivity index (χ2v) is 6.10. The number of ether oxygens (including phenoxy) is 1. The van der Waals surface area contributed by atoms with Crippen LogP contribution in [0.2, 0.25) is 0 Å². The second kappa shape index (κ2) is 8.07. The van der Waals surface area contributed by atoms with E-state index in [2.05, 4.69) is 19.7 Å². The second-order valence-electron chi connectivity index (χ2n) is 6.10. The molecule has 3 rings (SSSR count). The largest absolute Gasteiger partial charge is 0.481 e. The number of aliphatic carboxylic acids is 1. The number of hydrogen-bond acceptors (Lipinski definition) is 5. The van der Waals surface area contributed by atoms with E-state index in [0.29, 0.717) is 13.2 Å². The summed E-state index contributed by atoms with van der Waals surface area (Å²) in [5, 5.41) is 24.4. The molecule has 0 unspecified atom stereocenters. The maximum Gasteiger partial charge on any atom is 0.300 e. The van der Waals surface area contributed by atoms with Gasteiger partial charge in [0.1, 0.15) is 5.69 Å². The number of aliphatic hydroxyl groups excluding tert-OH is 1. The SMILES string of the molecule is CC(=O)O.Cc1cc(-c2nccn2CC2(CO)CCOCC2)n[nH]1. The van der Waals surface area contributed by atoms with Crippen molar-refractivity contribution in [1.29, 1.82) is 0 Å². The highest BCUT2D eigenvalue weighted by molar-refractivity contribution is 5.62. The van der Waals surface area contributed by atoms with Crippen LogP contribution in [-0.4, -0.2) is 55.8 Å². The molecule has 3 N–H and O–H groups in total. The van der Waals surface area contributed by atoms with Crippen LogP contribution >= 0.6 is 0 Å². The topological polar surface area (TPSA) is 113 Å². The van der Waals surface area contributed by atoms with Crippen LogP contribution in [0.5, 0.6) is 0 Å². The lowest BCUT2D eigenvalue weighted by molar-refractivity contribution is -0.134. The van der Waals surface area contributed by atoms with Crippen molar-refractivity contribution in [2.75, 3.05) is 19.8 Å². The van der Waals surface area contributed by atoms with Crippen LogP contribution < -0.4 is 0 Å². The highest BCUT2D eigenvalue weighted by atomic mass is 16.5. The van der Waals surface area contributed by atoms with Gasteiger partial charge in [-0.15, -0.1) is 0 Å². The zero-order chi connectivity index (χ0) is 17.6. The molecule has 0 spiro atoms. The Kier molecular flexibility index (Phi) is 6.10. The molecule has 0 saturated carbocycles. The average molecular weight is 336 g/mol. The molecule has 1 aliphatic rings. The number of rotatable bonds is 4. The van der Waals surface area contributed by atoms with Crippen LogP contribution in [0.1, 0.15) is 25.5 Å². The molecule has 0 radical (unpaired) electrons. The molecule has 0 bridgehead atoms. The van der Waals surface area contributed by atoms with E-state index in [0.717, 1.165) is 43.5 Å². The van der Waals surface area contributed by atoms with E-state index >= 15 is 0 Å². The predicted molar refractivity (Wildman–Crippen MR) is 87.4 cm³/mol. The molecule has 0 aliphatic carbocycles. The molecular formula is C16H24N4O4. The summed E-state index contributed by atoms with van der Waals surface area (Å²) in [5.41, 5.74) is 1.74. The zero-order valence-electron chi connectivity index (χ0n) is 14.0. The molecule has 1 fully saturated rings. The number of imidazole rings is 1. The van der Waals surface area contributed by atoms with Crippen molar-refractivity contribution in [2.45, 2.75) is 33.2 Å². The molecule has 0 aromatic carbocycles. The Bertz CT molecular complexity index is 655. The van der Waals surface area contributed by atoms with Crippen LogP contribution in [-0.2, 0) is 16.1 Å². The fraction of sp³-hybridized carbons (Fsp3) is 0.562. The number of aromatic nitrogens is 4. The maximum atomic E-state index is 9.79. The monoisotopic (exact) mass is 336 g/mol. The first-order chi connectivity index (χ1) is 11.5. The van der Waals surface area contributed by atoms with Crippen molar-refractivity contribution in [3.63, 3.8) is 0 Å². The van der Waals surface area contributed by atoms with Gasteiger partial charge < -0.3 is 19.5 Å². The van der Waals surface area contributed by atoms with Gasteiger partial charge in [-0.25, -0.2) is 4.98 Å². The summed E-state index contributed by atoms with van der Waals surface area (Å²) >= 11 is 0. The standard InChI is InChI=1S/C14H20N4O2.C2H4O2/c1-11-8-12(17-16-11)13-15-4-5-18(13)9-14(10-19)2-6-20-7-3-14;1-2(3)4/h4-5,8,19H,2-3,6-7,9-10H2,1H3,(H,16,17);1H3,(H,3,4). The van der Waals surface area contributed by atoms with Crippen LogP contribution in [0.4, 0.5) is 0 Å². The van der Waals surface area contributed by atoms with E-state index in [1.807, 2.05) is 19.2 Å². The summed E-state index contributed by atoms with van der Waals surface area (Å²) in [6.45, 7) is 5.40. The molecular weight excluding hydrogens is 312 g/mol. The number of nitrogens with zero attached hydrogens (tertiary/aromatic N) is 3. The molecule has 3 heterocycles. The molecule has 1 aliphatic heterocycles. The molecule has 8 heteroatoms. The summed E-state index contributed by atoms with van der Waals surface area (Å²) in [5.74, 6) is 0.00802. The first-order valence-electron chi connectivity index (χ1n) is 7.87. The molecule has 0 atom stereocenters. The lowest BCUT2D eigenvalue weighted by atomic mass is 9.81. The van der Waals surface area contributed by atoms with E-state index < -0.39 is 5.97 Å². The van der Waals surface area contributed by atoms with Gasteiger partial charge in [-0.05, 0) is 25.8 Å². The Hall–Kier alpha value is -2.19. The number of H-pyrrole nitrogens is 1. The van der Waals surface area contributed by atoms with Gasteiger partial charge in [0.2, 0.25) is 0 Å². The Morgan fingerprint density at radius 2 is 2.12 bits per heavy atom. The van der Waals surface area contributed by atoms with Gasteiger partial charge in [-0.3, -0.25) is 9.89 Å². The van der Waals surface area contributed by atoms with Crippen LogP contribution in [0, 0.1) is 12.3 Å². The Labute approximate surface area is 140 Å². The van der Waals surface area contributed by atoms with Crippen molar-refractivity contribution < 1.29 is 19.7 Å². The van der Waals surface area contributed by atoms with Gasteiger partial charge in [0.15, 0.2) is 5.82 Å². The molecule has 8 nitrogen and oxygen atoms in total. The van der Waals surface area contributed by atoms with Crippen molar-refractivity contribution >= 4 is 5.97 Å². The van der Waals surface area contributed by atoms with Gasteiger partial charge >= 0.3 is 0 Å². The van der Waals surface area contributed by atoms with E-state index in [1.165, 1.54) is 0 Å². The summed E-state index contributed by atoms with van der Waals surface area (Å²) < 4.78 is 7.49. The third kappa shape index (κ3) is 4.65. The highest BCUT2D eigenvalue weighted by Crippen LogP contribution is 2.33. The van der Waals surface area contributed by atoms with Gasteiger partial charge in [0.25, 0.3) is 5.97 Å². The molecule has 132 valence electrons. The Balaban J connectivity index is 0.000000471. The van der Waals surface area contributed by atoms with Crippen molar-refractivity contribution in [1.82, 2.24) is 19.7 Å². The first kappa shape index (κ1) is 18.2. The van der Waals surface area contributed by atoms with Crippen LogP contribution in [0.15, 0.2) is 18.5 Å². The predicted octanol–water partition coefficient (Wildman–Crippen LogP) is 1.46. The minimum atomic E-state index is -0.833. The zero-order valence-corrected chi connectivity index (χ0v) is 14.0. The molecule has 0 amide bonds. The van der Waals surface area contributed by atoms with Crippen molar-refractivity contribution in [3.8, 4) is 11.5 Å². The minimum Gasteiger partial charge on any atom is -0.481 e. The van der Waals surface area contributed by atoms with Crippen LogP contribution in [0.25, 0.3) is 11.5 Å². The van der Waals surface area contributed by atoms with E-state index in [-0.39, 0.29) is 12.0 Å². The molecule has 24 heavy (non-hydrogen) atoms. The summed E-state index contributed by atoms with van der Waals surface area (Å²) in [6, 6.07) is 1.98. The van der Waals surface area contributed by atoms with Crippen LogP contribution in [0.3, 0.4) is 0 Å². The maximum absolute atomic E-state index is 9.79. The lowest BCUT2D eigenvalue weighted by Gasteiger charge is -2.36. The van der Waals surface area contributed by atoms with E-state index in [1.54, 1.807) is 6.20 Å². The normalized spacial score (nSPS) is 16.3. The van der Waals surface area contributed by atoms with Gasteiger partial charge in [-0.1, -0.05) is 0 Å². The lowest BCUT2D eigenvalue weighted by Crippen LogP contribution is -2.37. The Morgan fingerprint density at radius 1 is 1.46 bits per heavy atom. The third-order valence-electron chi connectivity index (χ3n) is 4.05. The van der Waals surface area contributed by atoms with Crippen molar-refractivity contribution in [3.05, 3.63) is 24.2 Å². The number of nitrogens with one attached hydrogen (secondary N) is 1. The first-order valence-corrected chi connectivity index (χ1v) is 7.87. The number of carbonyl (C=O) groups is 1. The average Bonchev–Trinajstić information content (AvgIpc) is 3.16. The van der Waals surface area contributed by atoms with Gasteiger partial charge in [0.05, 0.1) is 6.61 Å². The summed E-state index contributed by atoms with van der Waals surface area (Å²) in [6.07, 6.45) is 5.48. The number of carboxylic acids is 1. The smallest absolute Gasteiger partial charge is 0.300 e. The van der Waals surface area contributed by atoms with Crippen molar-refractivity contribution in [2.24, 2.45) is 5.41 Å². The highest BCUT2D eigenvalue weighted by Gasteiger charge is 2.33. The molecule has 2 aromatic heterocycles. The van der Waals surface area contributed by atoms with E-state index in [9.17, 15) is 5.11 Å². The van der Waals surface area contributed by atoms with E-state index in [4.69, 9.17) is 14.6 Å². The summed E-state index contributed by atoms with van der Waals surface area (Å²) in [7, 11) is 0. The number of carboxylic acid groups (broad SMARTS) is 1. The number of hydrogen-bond donors (Lipinski definition) is 3. The fourth-order valence-electron chi connectivity index (χ4n) is 2.73. The van der Waals surface area contributed by atoms with Gasteiger partial charge in [0, 0.05) is 50.2 Å². The quantitative estimate of drug-likeness (QED) is 0.779. The number of aryl methyl sites for hydroxylation is 1.